The predicted molar refractivity (Wildman–Crippen MR) is 137 cm³/mol. The van der Waals surface area contributed by atoms with Crippen molar-refractivity contribution in [3.63, 3.8) is 0 Å². The van der Waals surface area contributed by atoms with Crippen molar-refractivity contribution in [2.45, 2.75) is 38.2 Å². The van der Waals surface area contributed by atoms with Gasteiger partial charge in [0, 0.05) is 54.1 Å². The topological polar surface area (TPSA) is 168 Å². The second-order valence-corrected chi connectivity index (χ2v) is 10.7. The molecule has 198 valence electrons. The van der Waals surface area contributed by atoms with Crippen LogP contribution in [0.25, 0.3) is 0 Å². The summed E-state index contributed by atoms with van der Waals surface area (Å²) < 4.78 is 5.11. The Morgan fingerprint density at radius 1 is 1.32 bits per heavy atom. The lowest BCUT2D eigenvalue weighted by atomic mass is 9.85. The van der Waals surface area contributed by atoms with Gasteiger partial charge in [0.2, 0.25) is 11.8 Å². The number of nitro groups is 1. The van der Waals surface area contributed by atoms with E-state index >= 15 is 0 Å². The van der Waals surface area contributed by atoms with Crippen molar-refractivity contribution in [2.24, 2.45) is 5.92 Å². The summed E-state index contributed by atoms with van der Waals surface area (Å²) in [6.07, 6.45) is 1.22. The molecule has 0 radical (unpaired) electrons. The van der Waals surface area contributed by atoms with Gasteiger partial charge in [-0.1, -0.05) is 18.7 Å². The van der Waals surface area contributed by atoms with Crippen molar-refractivity contribution in [3.05, 3.63) is 62.2 Å². The lowest BCUT2D eigenvalue weighted by molar-refractivity contribution is -0.384. The number of nitrogens with one attached hydrogen (secondary N) is 2. The lowest BCUT2D eigenvalue weighted by Crippen LogP contribution is -2.61. The lowest BCUT2D eigenvalue weighted by Gasteiger charge is -2.45. The Kier molecular flexibility index (Phi) is 9.58. The fourth-order valence-corrected chi connectivity index (χ4v) is 5.97. The molecule has 0 spiro atoms. The van der Waals surface area contributed by atoms with Crippen molar-refractivity contribution < 1.29 is 33.9 Å². The standard InChI is InChI=1S/C23H26N4O8S2/c1-13(36-9-8-25-23(32)35-12-15-3-5-16(6-4-15)27(33)34)19-17-11-18(37-10-7-24-14(2)28)20(22(30)31)26(17)21(19)29/h3-7,10,13,17,19H,8-9,11-12H2,1-2H3,(H,24,28)(H,25,32)(H,30,31)/t13?,17-,19-/m1/s1. The summed E-state index contributed by atoms with van der Waals surface area (Å²) in [5, 5.41) is 26.9. The first-order valence-electron chi connectivity index (χ1n) is 11.2. The second-order valence-electron chi connectivity index (χ2n) is 8.21. The van der Waals surface area contributed by atoms with Crippen molar-refractivity contribution in [3.8, 4) is 0 Å². The first-order chi connectivity index (χ1) is 17.6. The number of nitro benzene ring substituents is 1. The van der Waals surface area contributed by atoms with E-state index in [0.717, 1.165) is 0 Å². The van der Waals surface area contributed by atoms with Gasteiger partial charge in [-0.3, -0.25) is 19.7 Å². The summed E-state index contributed by atoms with van der Waals surface area (Å²) in [4.78, 5) is 59.5. The maximum absolute atomic E-state index is 12.8. The molecule has 1 aromatic rings. The van der Waals surface area contributed by atoms with Crippen LogP contribution in [-0.2, 0) is 25.7 Å². The van der Waals surface area contributed by atoms with Crippen molar-refractivity contribution >= 4 is 53.1 Å². The van der Waals surface area contributed by atoms with Crippen LogP contribution in [0.1, 0.15) is 25.8 Å². The molecule has 0 aliphatic carbocycles. The number of alkyl carbamates (subject to hydrolysis) is 1. The van der Waals surface area contributed by atoms with Gasteiger partial charge in [0.1, 0.15) is 12.3 Å². The summed E-state index contributed by atoms with van der Waals surface area (Å²) >= 11 is 2.66. The quantitative estimate of drug-likeness (QED) is 0.152. The van der Waals surface area contributed by atoms with Gasteiger partial charge in [-0.2, -0.15) is 11.8 Å². The van der Waals surface area contributed by atoms with Gasteiger partial charge in [0.05, 0.1) is 16.9 Å². The van der Waals surface area contributed by atoms with Crippen molar-refractivity contribution in [2.75, 3.05) is 12.3 Å². The van der Waals surface area contributed by atoms with Gasteiger partial charge in [0.15, 0.2) is 0 Å². The zero-order chi connectivity index (χ0) is 27.1. The smallest absolute Gasteiger partial charge is 0.407 e. The summed E-state index contributed by atoms with van der Waals surface area (Å²) in [5.74, 6) is -1.47. The molecule has 1 fully saturated rings. The number of hydrogen-bond donors (Lipinski definition) is 3. The van der Waals surface area contributed by atoms with E-state index in [-0.39, 0.29) is 47.0 Å². The van der Waals surface area contributed by atoms with E-state index in [1.54, 1.807) is 5.41 Å². The van der Waals surface area contributed by atoms with Crippen LogP contribution in [0.15, 0.2) is 46.5 Å². The van der Waals surface area contributed by atoms with Crippen LogP contribution in [-0.4, -0.2) is 62.4 Å². The van der Waals surface area contributed by atoms with Crippen LogP contribution < -0.4 is 10.6 Å². The molecule has 3 atom stereocenters. The van der Waals surface area contributed by atoms with Crippen LogP contribution >= 0.6 is 23.5 Å². The molecular weight excluding hydrogens is 524 g/mol. The van der Waals surface area contributed by atoms with Gasteiger partial charge >= 0.3 is 12.1 Å². The molecular formula is C23H26N4O8S2. The van der Waals surface area contributed by atoms with Gasteiger partial charge in [-0.25, -0.2) is 9.59 Å². The second kappa shape index (κ2) is 12.6. The number of rotatable bonds is 12. The molecule has 12 nitrogen and oxygen atoms in total. The highest BCUT2D eigenvalue weighted by Crippen LogP contribution is 2.48. The number of non-ortho nitro benzene ring substituents is 1. The minimum atomic E-state index is -1.17. The van der Waals surface area contributed by atoms with E-state index in [1.807, 2.05) is 6.92 Å². The van der Waals surface area contributed by atoms with Crippen molar-refractivity contribution in [1.29, 1.82) is 0 Å². The minimum absolute atomic E-state index is 0.0154. The molecule has 1 unspecified atom stereocenters. The van der Waals surface area contributed by atoms with Gasteiger partial charge in [-0.05, 0) is 23.1 Å². The number of amides is 3. The zero-order valence-corrected chi connectivity index (χ0v) is 21.7. The number of aliphatic carboxylic acids is 1. The number of carboxylic acid groups (broad SMARTS) is 1. The van der Waals surface area contributed by atoms with Crippen LogP contribution in [0.2, 0.25) is 0 Å². The number of benzene rings is 1. The third-order valence-electron chi connectivity index (χ3n) is 5.71. The predicted octanol–water partition coefficient (Wildman–Crippen LogP) is 2.81. The van der Waals surface area contributed by atoms with Crippen LogP contribution in [0.3, 0.4) is 0 Å². The number of thioether (sulfide) groups is 2. The summed E-state index contributed by atoms with van der Waals surface area (Å²) in [7, 11) is 0. The number of nitrogens with zero attached hydrogens (tertiary/aromatic N) is 2. The van der Waals surface area contributed by atoms with Crippen LogP contribution in [0.5, 0.6) is 0 Å². The molecule has 1 saturated heterocycles. The highest BCUT2D eigenvalue weighted by atomic mass is 32.2. The highest BCUT2D eigenvalue weighted by Gasteiger charge is 2.56. The summed E-state index contributed by atoms with van der Waals surface area (Å²) in [5.41, 5.74) is 0.554. The molecule has 37 heavy (non-hydrogen) atoms. The fourth-order valence-electron chi connectivity index (χ4n) is 4.01. The number of carboxylic acids is 1. The monoisotopic (exact) mass is 550 g/mol. The molecule has 3 rings (SSSR count). The molecule has 3 N–H and O–H groups in total. The number of carbonyl (C=O) groups excluding carboxylic acids is 3. The maximum Gasteiger partial charge on any atom is 0.407 e. The van der Waals surface area contributed by atoms with E-state index in [0.29, 0.717) is 29.2 Å². The molecule has 1 aromatic carbocycles. The number of ether oxygens (including phenoxy) is 1. The first kappa shape index (κ1) is 28.1. The number of fused-ring (bicyclic) bond motifs is 1. The minimum Gasteiger partial charge on any atom is -0.477 e. The summed E-state index contributed by atoms with van der Waals surface area (Å²) in [6.45, 7) is 3.54. The third-order valence-corrected chi connectivity index (χ3v) is 7.89. The van der Waals surface area contributed by atoms with E-state index in [1.165, 1.54) is 65.8 Å². The highest BCUT2D eigenvalue weighted by molar-refractivity contribution is 8.05. The molecule has 2 aliphatic heterocycles. The summed E-state index contributed by atoms with van der Waals surface area (Å²) in [6, 6.07) is 5.46. The average molecular weight is 551 g/mol. The SMILES string of the molecule is CC(=O)NC=CSC1=C(C(=O)O)N2C(=O)[C@H](C(C)SCCNC(=O)OCc3ccc([N+](=O)[O-])cc3)[C@H]2C1. The van der Waals surface area contributed by atoms with Gasteiger partial charge in [-0.15, -0.1) is 0 Å². The number of carbonyl (C=O) groups is 4. The number of β-lactam (4-membered cyclic amide) rings is 1. The Bertz CT molecular complexity index is 1140. The molecule has 0 aromatic heterocycles. The fraction of sp³-hybridized carbons (Fsp3) is 0.391. The van der Waals surface area contributed by atoms with Crippen LogP contribution in [0, 0.1) is 16.0 Å². The Labute approximate surface area is 221 Å². The average Bonchev–Trinajstić information content (AvgIpc) is 3.18. The van der Waals surface area contributed by atoms with Gasteiger partial charge < -0.3 is 25.4 Å². The Morgan fingerprint density at radius 2 is 2.03 bits per heavy atom. The van der Waals surface area contributed by atoms with E-state index in [9.17, 15) is 34.4 Å². The van der Waals surface area contributed by atoms with E-state index in [4.69, 9.17) is 4.74 Å². The van der Waals surface area contributed by atoms with E-state index < -0.39 is 17.0 Å². The molecule has 2 heterocycles. The zero-order valence-electron chi connectivity index (χ0n) is 20.0. The van der Waals surface area contributed by atoms with Crippen LogP contribution in [0.4, 0.5) is 10.5 Å². The third kappa shape index (κ3) is 7.04. The largest absolute Gasteiger partial charge is 0.477 e. The number of hydrogen-bond acceptors (Lipinski definition) is 9. The normalized spacial score (nSPS) is 19.3. The molecule has 0 saturated carbocycles. The Morgan fingerprint density at radius 3 is 2.65 bits per heavy atom. The molecule has 0 bridgehead atoms. The molecule has 14 heteroatoms. The maximum atomic E-state index is 12.8. The first-order valence-corrected chi connectivity index (χ1v) is 13.2. The molecule has 3 amide bonds. The Balaban J connectivity index is 1.41. The van der Waals surface area contributed by atoms with Crippen molar-refractivity contribution in [1.82, 2.24) is 15.5 Å². The van der Waals surface area contributed by atoms with E-state index in [2.05, 4.69) is 10.6 Å². The molecule has 2 aliphatic rings. The Hall–Kier alpha value is -3.52. The van der Waals surface area contributed by atoms with Gasteiger partial charge in [0.25, 0.3) is 5.69 Å².